The number of allylic oxidation sites excluding steroid dienone is 1. The quantitative estimate of drug-likeness (QED) is 0.535. The van der Waals surface area contributed by atoms with Crippen LogP contribution in [0.15, 0.2) is 12.7 Å². The summed E-state index contributed by atoms with van der Waals surface area (Å²) < 4.78 is 0. The molecule has 1 N–H and O–H groups in total. The Morgan fingerprint density at radius 2 is 2.00 bits per heavy atom. The lowest BCUT2D eigenvalue weighted by Crippen LogP contribution is -2.16. The third-order valence-corrected chi connectivity index (χ3v) is 1.91. The van der Waals surface area contributed by atoms with Gasteiger partial charge in [0.05, 0.1) is 6.10 Å². The molecule has 1 aliphatic carbocycles. The Kier molecular flexibility index (Phi) is 6.24. The van der Waals surface area contributed by atoms with Crippen molar-refractivity contribution in [2.45, 2.75) is 45.6 Å². The highest BCUT2D eigenvalue weighted by Crippen LogP contribution is 2.22. The maximum Gasteiger partial charge on any atom is 0.0542 e. The first-order valence-electron chi connectivity index (χ1n) is 4.45. The summed E-state index contributed by atoms with van der Waals surface area (Å²) in [6.07, 6.45) is 6.36. The van der Waals surface area contributed by atoms with Crippen LogP contribution < -0.4 is 0 Å². The molecule has 0 radical (unpaired) electrons. The molecule has 66 valence electrons. The standard InChI is InChI=1S/C7H14O.C3H6/c1-6-3-2-4-7(8)5-6;1-3-2/h6-8H,2-5H2,1H3;3H,1H2,2H3/t6-,7?;/m1./s1. The van der Waals surface area contributed by atoms with Gasteiger partial charge in [0.2, 0.25) is 0 Å². The normalized spacial score (nSPS) is 30.1. The van der Waals surface area contributed by atoms with E-state index in [-0.39, 0.29) is 6.10 Å². The van der Waals surface area contributed by atoms with Gasteiger partial charge in [-0.25, -0.2) is 0 Å². The van der Waals surface area contributed by atoms with Gasteiger partial charge in [-0.1, -0.05) is 25.8 Å². The Labute approximate surface area is 70.1 Å². The largest absolute Gasteiger partial charge is 0.393 e. The van der Waals surface area contributed by atoms with Crippen molar-refractivity contribution in [2.24, 2.45) is 5.92 Å². The van der Waals surface area contributed by atoms with Gasteiger partial charge in [-0.05, 0) is 25.7 Å². The van der Waals surface area contributed by atoms with Gasteiger partial charge in [-0.2, -0.15) is 0 Å². The monoisotopic (exact) mass is 156 g/mol. The van der Waals surface area contributed by atoms with E-state index in [2.05, 4.69) is 13.5 Å². The maximum absolute atomic E-state index is 9.08. The van der Waals surface area contributed by atoms with Crippen molar-refractivity contribution in [2.75, 3.05) is 0 Å². The van der Waals surface area contributed by atoms with Crippen molar-refractivity contribution >= 4 is 0 Å². The molecule has 0 aromatic heterocycles. The van der Waals surface area contributed by atoms with Crippen LogP contribution in [0.4, 0.5) is 0 Å². The lowest BCUT2D eigenvalue weighted by molar-refractivity contribution is 0.106. The molecule has 1 nitrogen and oxygen atoms in total. The molecule has 11 heavy (non-hydrogen) atoms. The van der Waals surface area contributed by atoms with Crippen LogP contribution >= 0.6 is 0 Å². The van der Waals surface area contributed by atoms with Crippen LogP contribution in [0.1, 0.15) is 39.5 Å². The molecular formula is C10H20O. The number of rotatable bonds is 0. The second-order valence-electron chi connectivity index (χ2n) is 3.33. The lowest BCUT2D eigenvalue weighted by Gasteiger charge is -2.21. The Balaban J connectivity index is 0.000000292. The number of aliphatic hydroxyl groups excluding tert-OH is 1. The van der Waals surface area contributed by atoms with E-state index in [1.807, 2.05) is 6.92 Å². The van der Waals surface area contributed by atoms with Crippen molar-refractivity contribution in [1.82, 2.24) is 0 Å². The van der Waals surface area contributed by atoms with Gasteiger partial charge >= 0.3 is 0 Å². The van der Waals surface area contributed by atoms with Crippen LogP contribution in [0.3, 0.4) is 0 Å². The molecule has 1 fully saturated rings. The molecule has 1 aliphatic rings. The van der Waals surface area contributed by atoms with Crippen molar-refractivity contribution in [3.8, 4) is 0 Å². The fourth-order valence-corrected chi connectivity index (χ4v) is 1.40. The Hall–Kier alpha value is -0.300. The van der Waals surface area contributed by atoms with Crippen molar-refractivity contribution < 1.29 is 5.11 Å². The van der Waals surface area contributed by atoms with Crippen LogP contribution in [0.2, 0.25) is 0 Å². The van der Waals surface area contributed by atoms with Gasteiger partial charge in [0.25, 0.3) is 0 Å². The molecule has 0 heterocycles. The first-order chi connectivity index (χ1) is 5.20. The molecule has 0 saturated heterocycles. The maximum atomic E-state index is 9.08. The first kappa shape index (κ1) is 10.7. The second kappa shape index (κ2) is 6.41. The molecule has 0 amide bonds. The van der Waals surface area contributed by atoms with Crippen molar-refractivity contribution in [3.63, 3.8) is 0 Å². The molecule has 0 bridgehead atoms. The predicted molar refractivity (Wildman–Crippen MR) is 49.5 cm³/mol. The predicted octanol–water partition coefficient (Wildman–Crippen LogP) is 2.75. The highest BCUT2D eigenvalue weighted by Gasteiger charge is 2.15. The summed E-state index contributed by atoms with van der Waals surface area (Å²) in [4.78, 5) is 0. The average molecular weight is 156 g/mol. The topological polar surface area (TPSA) is 20.2 Å². The van der Waals surface area contributed by atoms with Gasteiger partial charge < -0.3 is 5.11 Å². The summed E-state index contributed by atoms with van der Waals surface area (Å²) in [6, 6.07) is 0. The van der Waals surface area contributed by atoms with E-state index < -0.39 is 0 Å². The molecule has 1 rings (SSSR count). The van der Waals surface area contributed by atoms with E-state index in [1.165, 1.54) is 12.8 Å². The molecular weight excluding hydrogens is 136 g/mol. The third kappa shape index (κ3) is 6.11. The molecule has 0 aromatic carbocycles. The zero-order valence-electron chi connectivity index (χ0n) is 7.71. The van der Waals surface area contributed by atoms with E-state index in [1.54, 1.807) is 6.08 Å². The first-order valence-corrected chi connectivity index (χ1v) is 4.45. The summed E-state index contributed by atoms with van der Waals surface area (Å²) in [7, 11) is 0. The number of aliphatic hydroxyl groups is 1. The van der Waals surface area contributed by atoms with Gasteiger partial charge in [0, 0.05) is 0 Å². The second-order valence-corrected chi connectivity index (χ2v) is 3.33. The molecule has 0 aromatic rings. The average Bonchev–Trinajstić information content (AvgIpc) is 1.88. The highest BCUT2D eigenvalue weighted by atomic mass is 16.3. The van der Waals surface area contributed by atoms with E-state index in [9.17, 15) is 0 Å². The van der Waals surface area contributed by atoms with Gasteiger partial charge in [-0.15, -0.1) is 6.58 Å². The van der Waals surface area contributed by atoms with Crippen LogP contribution in [0.25, 0.3) is 0 Å². The number of hydrogen-bond donors (Lipinski definition) is 1. The summed E-state index contributed by atoms with van der Waals surface area (Å²) >= 11 is 0. The summed E-state index contributed by atoms with van der Waals surface area (Å²) in [5.74, 6) is 0.763. The van der Waals surface area contributed by atoms with Crippen LogP contribution in [-0.2, 0) is 0 Å². The van der Waals surface area contributed by atoms with E-state index in [4.69, 9.17) is 5.11 Å². The summed E-state index contributed by atoms with van der Waals surface area (Å²) in [6.45, 7) is 7.46. The van der Waals surface area contributed by atoms with E-state index in [0.717, 1.165) is 18.8 Å². The summed E-state index contributed by atoms with van der Waals surface area (Å²) in [5.41, 5.74) is 0. The molecule has 1 heteroatoms. The Morgan fingerprint density at radius 1 is 1.45 bits per heavy atom. The molecule has 1 unspecified atom stereocenters. The molecule has 1 saturated carbocycles. The Bertz CT molecular complexity index is 91.0. The Morgan fingerprint density at radius 3 is 2.27 bits per heavy atom. The van der Waals surface area contributed by atoms with Gasteiger partial charge in [0.1, 0.15) is 0 Å². The van der Waals surface area contributed by atoms with Crippen LogP contribution in [-0.4, -0.2) is 11.2 Å². The fourth-order valence-electron chi connectivity index (χ4n) is 1.40. The molecule has 0 spiro atoms. The van der Waals surface area contributed by atoms with E-state index in [0.29, 0.717) is 0 Å². The minimum absolute atomic E-state index is 0.0127. The van der Waals surface area contributed by atoms with Crippen LogP contribution in [0.5, 0.6) is 0 Å². The fraction of sp³-hybridized carbons (Fsp3) is 0.800. The lowest BCUT2D eigenvalue weighted by atomic mass is 9.89. The minimum Gasteiger partial charge on any atom is -0.393 e. The zero-order valence-corrected chi connectivity index (χ0v) is 7.71. The number of hydrogen-bond acceptors (Lipinski definition) is 1. The van der Waals surface area contributed by atoms with Crippen molar-refractivity contribution in [3.05, 3.63) is 12.7 Å². The van der Waals surface area contributed by atoms with Gasteiger partial charge in [0.15, 0.2) is 0 Å². The molecule has 2 atom stereocenters. The van der Waals surface area contributed by atoms with Crippen molar-refractivity contribution in [1.29, 1.82) is 0 Å². The zero-order chi connectivity index (χ0) is 8.69. The smallest absolute Gasteiger partial charge is 0.0542 e. The van der Waals surface area contributed by atoms with E-state index >= 15 is 0 Å². The van der Waals surface area contributed by atoms with Gasteiger partial charge in [-0.3, -0.25) is 0 Å². The molecule has 0 aliphatic heterocycles. The van der Waals surface area contributed by atoms with Crippen LogP contribution in [0, 0.1) is 5.92 Å². The summed E-state index contributed by atoms with van der Waals surface area (Å²) in [5, 5.41) is 9.08. The third-order valence-electron chi connectivity index (χ3n) is 1.91. The highest BCUT2D eigenvalue weighted by molar-refractivity contribution is 4.67. The SMILES string of the molecule is C=CC.C[C@@H]1CCCC(O)C1. The minimum atomic E-state index is 0.0127.